The van der Waals surface area contributed by atoms with Crippen molar-refractivity contribution in [1.29, 1.82) is 0 Å². The van der Waals surface area contributed by atoms with Gasteiger partial charge in [-0.1, -0.05) is 12.1 Å². The van der Waals surface area contributed by atoms with Gasteiger partial charge in [0.25, 0.3) is 5.56 Å². The number of rotatable bonds is 4. The Morgan fingerprint density at radius 1 is 1.14 bits per heavy atom. The first kappa shape index (κ1) is 18.9. The van der Waals surface area contributed by atoms with E-state index in [0.717, 1.165) is 37.0 Å². The first-order valence-electron chi connectivity index (χ1n) is 10.2. The molecule has 1 aromatic heterocycles. The van der Waals surface area contributed by atoms with Gasteiger partial charge in [-0.3, -0.25) is 9.59 Å². The number of para-hydroxylation sites is 2. The molecule has 150 valence electrons. The molecule has 2 aromatic rings. The number of anilines is 1. The summed E-state index contributed by atoms with van der Waals surface area (Å²) in [5, 5.41) is 0. The van der Waals surface area contributed by atoms with E-state index in [9.17, 15) is 9.59 Å². The first-order valence-corrected chi connectivity index (χ1v) is 10.2. The van der Waals surface area contributed by atoms with Crippen molar-refractivity contribution >= 4 is 22.8 Å². The number of benzene rings is 1. The van der Waals surface area contributed by atoms with E-state index in [0.29, 0.717) is 31.9 Å². The van der Waals surface area contributed by atoms with Crippen LogP contribution in [0.3, 0.4) is 0 Å². The molecule has 28 heavy (non-hydrogen) atoms. The zero-order valence-corrected chi connectivity index (χ0v) is 16.6. The summed E-state index contributed by atoms with van der Waals surface area (Å²) in [6.45, 7) is 7.27. The van der Waals surface area contributed by atoms with E-state index in [2.05, 4.69) is 9.88 Å². The van der Waals surface area contributed by atoms with Crippen LogP contribution in [0.4, 0.5) is 5.82 Å². The van der Waals surface area contributed by atoms with Crippen LogP contribution in [0.5, 0.6) is 0 Å². The Morgan fingerprint density at radius 2 is 1.82 bits per heavy atom. The van der Waals surface area contributed by atoms with Crippen LogP contribution in [0.15, 0.2) is 29.1 Å². The number of morpholine rings is 1. The number of hydrogen-bond acceptors (Lipinski definition) is 5. The van der Waals surface area contributed by atoms with Gasteiger partial charge in [0.15, 0.2) is 5.82 Å². The standard InChI is InChI=1S/C21H28N4O3/c1-15-13-24(14-16(2)28-15)19(26)9-12-25-18-8-4-3-7-17(18)22-20(21(25)27)23-10-5-6-11-23/h3-4,7-8,15-16H,5-6,9-14H2,1-2H3. The smallest absolute Gasteiger partial charge is 0.294 e. The number of aryl methyl sites for hydroxylation is 1. The van der Waals surface area contributed by atoms with Crippen LogP contribution < -0.4 is 10.5 Å². The molecule has 2 aliphatic rings. The van der Waals surface area contributed by atoms with Gasteiger partial charge >= 0.3 is 0 Å². The highest BCUT2D eigenvalue weighted by atomic mass is 16.5. The molecule has 2 fully saturated rings. The maximum atomic E-state index is 13.2. The Balaban J connectivity index is 1.60. The maximum absolute atomic E-state index is 13.2. The molecule has 7 nitrogen and oxygen atoms in total. The second kappa shape index (κ2) is 7.91. The van der Waals surface area contributed by atoms with Crippen molar-refractivity contribution < 1.29 is 9.53 Å². The van der Waals surface area contributed by atoms with Gasteiger partial charge in [-0.2, -0.15) is 0 Å². The molecule has 1 amide bonds. The van der Waals surface area contributed by atoms with Crippen LogP contribution in [0.1, 0.15) is 33.1 Å². The van der Waals surface area contributed by atoms with Gasteiger partial charge in [0.1, 0.15) is 0 Å². The minimum absolute atomic E-state index is 0.0407. The number of carbonyl (C=O) groups is 1. The van der Waals surface area contributed by atoms with Crippen LogP contribution >= 0.6 is 0 Å². The lowest BCUT2D eigenvalue weighted by molar-refractivity contribution is -0.143. The topological polar surface area (TPSA) is 67.7 Å². The molecule has 0 radical (unpaired) electrons. The van der Waals surface area contributed by atoms with Crippen molar-refractivity contribution in [2.24, 2.45) is 0 Å². The number of carbonyl (C=O) groups excluding carboxylic acids is 1. The second-order valence-electron chi connectivity index (χ2n) is 7.88. The zero-order chi connectivity index (χ0) is 19.7. The van der Waals surface area contributed by atoms with Gasteiger partial charge in [0.2, 0.25) is 5.91 Å². The third-order valence-corrected chi connectivity index (χ3v) is 5.56. The number of ether oxygens (including phenoxy) is 1. The average Bonchev–Trinajstić information content (AvgIpc) is 3.20. The molecule has 3 heterocycles. The molecule has 2 atom stereocenters. The number of amides is 1. The van der Waals surface area contributed by atoms with Gasteiger partial charge in [-0.25, -0.2) is 4.98 Å². The molecular formula is C21H28N4O3. The fourth-order valence-corrected chi connectivity index (χ4v) is 4.28. The predicted molar refractivity (Wildman–Crippen MR) is 109 cm³/mol. The highest BCUT2D eigenvalue weighted by molar-refractivity contribution is 5.78. The van der Waals surface area contributed by atoms with E-state index in [4.69, 9.17) is 4.74 Å². The van der Waals surface area contributed by atoms with Gasteiger partial charge < -0.3 is 19.1 Å². The van der Waals surface area contributed by atoms with Crippen molar-refractivity contribution in [2.45, 2.75) is 51.9 Å². The monoisotopic (exact) mass is 384 g/mol. The maximum Gasteiger partial charge on any atom is 0.294 e. The molecule has 7 heteroatoms. The van der Waals surface area contributed by atoms with Gasteiger partial charge in [0, 0.05) is 39.1 Å². The van der Waals surface area contributed by atoms with Crippen LogP contribution in [0.25, 0.3) is 11.0 Å². The van der Waals surface area contributed by atoms with E-state index in [1.165, 1.54) is 0 Å². The van der Waals surface area contributed by atoms with Gasteiger partial charge in [-0.15, -0.1) is 0 Å². The first-order chi connectivity index (χ1) is 13.5. The summed E-state index contributed by atoms with van der Waals surface area (Å²) >= 11 is 0. The summed E-state index contributed by atoms with van der Waals surface area (Å²) in [5.74, 6) is 0.579. The Hall–Kier alpha value is -2.41. The lowest BCUT2D eigenvalue weighted by Gasteiger charge is -2.35. The second-order valence-corrected chi connectivity index (χ2v) is 7.88. The summed E-state index contributed by atoms with van der Waals surface area (Å²) in [6, 6.07) is 7.67. The van der Waals surface area contributed by atoms with Gasteiger partial charge in [0.05, 0.1) is 23.2 Å². The normalized spacial score (nSPS) is 22.8. The minimum atomic E-state index is -0.0999. The highest BCUT2D eigenvalue weighted by Gasteiger charge is 2.26. The number of hydrogen-bond donors (Lipinski definition) is 0. The lowest BCUT2D eigenvalue weighted by Crippen LogP contribution is -2.48. The van der Waals surface area contributed by atoms with Crippen LogP contribution in [-0.2, 0) is 16.1 Å². The fourth-order valence-electron chi connectivity index (χ4n) is 4.28. The molecule has 1 aromatic carbocycles. The largest absolute Gasteiger partial charge is 0.372 e. The molecule has 0 saturated carbocycles. The Kier molecular flexibility index (Phi) is 5.35. The SMILES string of the molecule is CC1CN(C(=O)CCn2c(=O)c(N3CCCC3)nc3ccccc32)CC(C)O1. The molecule has 2 saturated heterocycles. The van der Waals surface area contributed by atoms with Crippen molar-refractivity contribution in [2.75, 3.05) is 31.1 Å². The molecule has 0 aliphatic carbocycles. The quantitative estimate of drug-likeness (QED) is 0.807. The Labute approximate surface area is 164 Å². The average molecular weight is 384 g/mol. The molecule has 0 N–H and O–H groups in total. The molecule has 2 aliphatic heterocycles. The Morgan fingerprint density at radius 3 is 2.54 bits per heavy atom. The summed E-state index contributed by atoms with van der Waals surface area (Å²) < 4.78 is 7.44. The van der Waals surface area contributed by atoms with E-state index < -0.39 is 0 Å². The summed E-state index contributed by atoms with van der Waals surface area (Å²) in [7, 11) is 0. The third-order valence-electron chi connectivity index (χ3n) is 5.56. The Bertz CT molecular complexity index is 909. The molecule has 0 spiro atoms. The molecule has 2 unspecified atom stereocenters. The van der Waals surface area contributed by atoms with E-state index in [-0.39, 0.29) is 23.7 Å². The van der Waals surface area contributed by atoms with E-state index in [1.54, 1.807) is 4.57 Å². The van der Waals surface area contributed by atoms with Crippen LogP contribution in [0, 0.1) is 0 Å². The summed E-state index contributed by atoms with van der Waals surface area (Å²) in [6.07, 6.45) is 2.55. The van der Waals surface area contributed by atoms with E-state index in [1.807, 2.05) is 43.0 Å². The fraction of sp³-hybridized carbons (Fsp3) is 0.571. The minimum Gasteiger partial charge on any atom is -0.372 e. The highest BCUT2D eigenvalue weighted by Crippen LogP contribution is 2.19. The van der Waals surface area contributed by atoms with Crippen LogP contribution in [-0.4, -0.2) is 58.7 Å². The molecule has 4 rings (SSSR count). The number of nitrogens with zero attached hydrogens (tertiary/aromatic N) is 4. The number of fused-ring (bicyclic) bond motifs is 1. The number of aromatic nitrogens is 2. The van der Waals surface area contributed by atoms with Gasteiger partial charge in [-0.05, 0) is 38.8 Å². The summed E-state index contributed by atoms with van der Waals surface area (Å²) in [5.41, 5.74) is 1.48. The van der Waals surface area contributed by atoms with Crippen molar-refractivity contribution in [3.8, 4) is 0 Å². The van der Waals surface area contributed by atoms with Crippen molar-refractivity contribution in [3.05, 3.63) is 34.6 Å². The van der Waals surface area contributed by atoms with Crippen molar-refractivity contribution in [1.82, 2.24) is 14.5 Å². The predicted octanol–water partition coefficient (Wildman–Crippen LogP) is 2.02. The van der Waals surface area contributed by atoms with Crippen LogP contribution in [0.2, 0.25) is 0 Å². The van der Waals surface area contributed by atoms with E-state index >= 15 is 0 Å². The molecular weight excluding hydrogens is 356 g/mol. The lowest BCUT2D eigenvalue weighted by atomic mass is 10.2. The third kappa shape index (κ3) is 3.76. The van der Waals surface area contributed by atoms with Crippen molar-refractivity contribution in [3.63, 3.8) is 0 Å². The molecule has 0 bridgehead atoms. The zero-order valence-electron chi connectivity index (χ0n) is 16.6. The summed E-state index contributed by atoms with van der Waals surface area (Å²) in [4.78, 5) is 34.5.